The maximum Gasteiger partial charge on any atom is 0.389 e. The summed E-state index contributed by atoms with van der Waals surface area (Å²) in [6.45, 7) is 5.06. The SMILES string of the molecule is CC1CCC(C(=O)CCC(F)(F)F)CN1N(C)c1ncnc2[nH]ccc12.CC1CCC(C(=O)O)CN1N(C)c1ncnc2[nH]ccc12.[CH3-].[W]. The van der Waals surface area contributed by atoms with Crippen LogP contribution in [0, 0.1) is 19.3 Å². The number of nitrogens with zero attached hydrogens (tertiary/aromatic N) is 8. The largest absolute Gasteiger partial charge is 0.481 e. The van der Waals surface area contributed by atoms with Gasteiger partial charge in [0.15, 0.2) is 11.6 Å². The summed E-state index contributed by atoms with van der Waals surface area (Å²) in [4.78, 5) is 46.7. The molecule has 49 heavy (non-hydrogen) atoms. The Kier molecular flexibility index (Phi) is 13.7. The van der Waals surface area contributed by atoms with Crippen molar-refractivity contribution in [2.75, 3.05) is 37.2 Å². The number of piperidine rings is 2. The van der Waals surface area contributed by atoms with Crippen LogP contribution in [0.2, 0.25) is 0 Å². The third kappa shape index (κ3) is 9.34. The van der Waals surface area contributed by atoms with E-state index in [4.69, 9.17) is 0 Å². The number of carboxylic acids is 1. The Morgan fingerprint density at radius 2 is 1.29 bits per heavy atom. The van der Waals surface area contributed by atoms with E-state index in [9.17, 15) is 27.9 Å². The molecule has 6 heterocycles. The molecule has 2 aliphatic heterocycles. The van der Waals surface area contributed by atoms with Gasteiger partial charge in [-0.2, -0.15) is 13.2 Å². The van der Waals surface area contributed by atoms with Crippen LogP contribution in [0.1, 0.15) is 52.4 Å². The van der Waals surface area contributed by atoms with Gasteiger partial charge in [0.05, 0.1) is 23.1 Å². The number of aromatic amines is 2. The van der Waals surface area contributed by atoms with Crippen LogP contribution in [-0.4, -0.2) is 102 Å². The number of alkyl halides is 3. The van der Waals surface area contributed by atoms with Gasteiger partial charge in [-0.15, -0.1) is 0 Å². The van der Waals surface area contributed by atoms with Crippen LogP contribution < -0.4 is 10.0 Å². The van der Waals surface area contributed by atoms with E-state index in [1.807, 2.05) is 54.4 Å². The number of rotatable bonds is 8. The van der Waals surface area contributed by atoms with E-state index in [0.29, 0.717) is 31.0 Å². The third-order valence-electron chi connectivity index (χ3n) is 9.21. The van der Waals surface area contributed by atoms with Crippen LogP contribution in [0.5, 0.6) is 0 Å². The van der Waals surface area contributed by atoms with E-state index in [2.05, 4.69) is 41.8 Å². The number of carbonyl (C=O) groups excluding carboxylic acids is 1. The number of carboxylic acid groups (broad SMARTS) is 1. The number of ketones is 1. The number of anilines is 2. The number of carbonyl (C=O) groups is 2. The molecule has 0 amide bonds. The predicted octanol–water partition coefficient (Wildman–Crippen LogP) is 5.26. The van der Waals surface area contributed by atoms with Gasteiger partial charge in [-0.3, -0.25) is 19.6 Å². The van der Waals surface area contributed by atoms with Crippen molar-refractivity contribution in [2.45, 2.75) is 70.6 Å². The first kappa shape index (κ1) is 39.8. The summed E-state index contributed by atoms with van der Waals surface area (Å²) in [6, 6.07) is 4.26. The number of hydrogen-bond acceptors (Lipinski definition) is 10. The molecule has 6 rings (SSSR count). The standard InChI is InChI=1S/C17H22F3N5O.C14H19N5O2.CH3.W/c1-11-3-4-12(14(26)5-7-17(18,19)20)9-25(11)24(2)16-13-6-8-21-15(13)22-10-23-16;1-9-3-4-10(14(20)21)7-19(9)18(2)13-11-5-6-15-12(11)16-8-17-13;;/h6,8,10-12H,3-5,7,9H2,1-2H3,(H,21,22,23);5-6,8-10H,3-4,7H2,1-2H3,(H,20,21)(H,15,16,17);1H3;/q;;-1;. The first-order valence-corrected chi connectivity index (χ1v) is 15.7. The first-order chi connectivity index (χ1) is 22.3. The average Bonchev–Trinajstić information content (AvgIpc) is 3.73. The van der Waals surface area contributed by atoms with E-state index in [-0.39, 0.29) is 58.2 Å². The van der Waals surface area contributed by atoms with Gasteiger partial charge < -0.3 is 22.5 Å². The van der Waals surface area contributed by atoms with Crippen molar-refractivity contribution < 1.29 is 48.9 Å². The number of hydrazine groups is 2. The molecule has 0 aromatic carbocycles. The fourth-order valence-corrected chi connectivity index (χ4v) is 6.42. The molecule has 268 valence electrons. The second-order valence-corrected chi connectivity index (χ2v) is 12.3. The molecule has 4 aromatic heterocycles. The molecule has 4 atom stereocenters. The maximum absolute atomic E-state index is 12.4. The van der Waals surface area contributed by atoms with Crippen molar-refractivity contribution in [1.82, 2.24) is 39.9 Å². The number of nitrogens with one attached hydrogen (secondary N) is 2. The zero-order valence-electron chi connectivity index (χ0n) is 28.3. The van der Waals surface area contributed by atoms with E-state index in [0.717, 1.165) is 41.5 Å². The smallest absolute Gasteiger partial charge is 0.389 e. The molecule has 17 heteroatoms. The molecule has 2 aliphatic rings. The zero-order valence-corrected chi connectivity index (χ0v) is 31.2. The van der Waals surface area contributed by atoms with Crippen LogP contribution in [-0.2, 0) is 30.7 Å². The topological polar surface area (TPSA) is 150 Å². The van der Waals surface area contributed by atoms with Gasteiger partial charge >= 0.3 is 12.1 Å². The Morgan fingerprint density at radius 1 is 0.837 bits per heavy atom. The van der Waals surface area contributed by atoms with E-state index in [1.54, 1.807) is 6.20 Å². The van der Waals surface area contributed by atoms with Crippen molar-refractivity contribution in [3.8, 4) is 0 Å². The van der Waals surface area contributed by atoms with Gasteiger partial charge in [0, 0.05) is 85.1 Å². The van der Waals surface area contributed by atoms with Crippen LogP contribution in [0.25, 0.3) is 22.1 Å². The summed E-state index contributed by atoms with van der Waals surface area (Å²) >= 11 is 0. The summed E-state index contributed by atoms with van der Waals surface area (Å²) in [5.74, 6) is -0.269. The van der Waals surface area contributed by atoms with Gasteiger partial charge in [-0.1, -0.05) is 0 Å². The molecule has 2 fully saturated rings. The number of hydrogen-bond donors (Lipinski definition) is 3. The maximum atomic E-state index is 12.4. The number of aromatic nitrogens is 6. The molecule has 2 saturated heterocycles. The predicted molar refractivity (Wildman–Crippen MR) is 177 cm³/mol. The number of Topliss-reactive ketones (excluding diaryl/α,β-unsaturated/α-hetero) is 1. The first-order valence-electron chi connectivity index (χ1n) is 15.7. The van der Waals surface area contributed by atoms with Crippen LogP contribution in [0.15, 0.2) is 37.2 Å². The minimum absolute atomic E-state index is 0. The summed E-state index contributed by atoms with van der Waals surface area (Å²) in [5.41, 5.74) is 1.50. The number of fused-ring (bicyclic) bond motifs is 2. The monoisotopic (exact) mass is 857 g/mol. The fraction of sp³-hybridized carbons (Fsp3) is 0.531. The molecule has 13 nitrogen and oxygen atoms in total. The normalized spacial score (nSPS) is 21.6. The van der Waals surface area contributed by atoms with Crippen LogP contribution in [0.3, 0.4) is 0 Å². The van der Waals surface area contributed by atoms with E-state index in [1.165, 1.54) is 12.7 Å². The van der Waals surface area contributed by atoms with Crippen LogP contribution in [0.4, 0.5) is 24.8 Å². The van der Waals surface area contributed by atoms with Crippen molar-refractivity contribution >= 4 is 45.5 Å². The summed E-state index contributed by atoms with van der Waals surface area (Å²) in [7, 11) is 3.78. The summed E-state index contributed by atoms with van der Waals surface area (Å²) in [6.07, 6.45) is 3.75. The quantitative estimate of drug-likeness (QED) is 0.199. The minimum Gasteiger partial charge on any atom is -0.481 e. The van der Waals surface area contributed by atoms with Crippen molar-refractivity contribution in [3.63, 3.8) is 0 Å². The Labute approximate surface area is 297 Å². The molecular formula is C32H44F3N10O3W-. The van der Waals surface area contributed by atoms with E-state index < -0.39 is 25.0 Å². The van der Waals surface area contributed by atoms with Gasteiger partial charge in [0.25, 0.3) is 0 Å². The Morgan fingerprint density at radius 3 is 1.73 bits per heavy atom. The molecule has 3 N–H and O–H groups in total. The second kappa shape index (κ2) is 16.9. The summed E-state index contributed by atoms with van der Waals surface area (Å²) < 4.78 is 37.2. The zero-order chi connectivity index (χ0) is 33.9. The van der Waals surface area contributed by atoms with Crippen molar-refractivity contribution in [3.05, 3.63) is 44.6 Å². The Balaban J connectivity index is 0.000000260. The van der Waals surface area contributed by atoms with E-state index >= 15 is 0 Å². The molecular weight excluding hydrogens is 813 g/mol. The number of halogens is 3. The fourth-order valence-electron chi connectivity index (χ4n) is 6.42. The molecule has 0 radical (unpaired) electrons. The molecule has 4 aromatic rings. The van der Waals surface area contributed by atoms with Gasteiger partial charge in [0.1, 0.15) is 29.7 Å². The average molecular weight is 858 g/mol. The van der Waals surface area contributed by atoms with Crippen LogP contribution >= 0.6 is 0 Å². The van der Waals surface area contributed by atoms with Gasteiger partial charge in [0.2, 0.25) is 0 Å². The molecule has 0 saturated carbocycles. The third-order valence-corrected chi connectivity index (χ3v) is 9.21. The minimum atomic E-state index is -4.30. The van der Waals surface area contributed by atoms with Gasteiger partial charge in [-0.05, 0) is 51.7 Å². The van der Waals surface area contributed by atoms with Crippen molar-refractivity contribution in [2.24, 2.45) is 11.8 Å². The van der Waals surface area contributed by atoms with Crippen molar-refractivity contribution in [1.29, 1.82) is 0 Å². The number of H-pyrrole nitrogens is 2. The Bertz CT molecular complexity index is 1680. The second-order valence-electron chi connectivity index (χ2n) is 12.3. The Hall–Kier alpha value is -3.62. The number of aliphatic carboxylic acids is 1. The molecule has 4 unspecified atom stereocenters. The van der Waals surface area contributed by atoms with Gasteiger partial charge in [-0.25, -0.2) is 30.0 Å². The molecule has 0 bridgehead atoms. The molecule has 0 aliphatic carbocycles. The summed E-state index contributed by atoms with van der Waals surface area (Å²) in [5, 5.41) is 19.0. The molecule has 0 spiro atoms.